The largest absolute Gasteiger partial charge is 0.496 e. The molecule has 0 radical (unpaired) electrons. The van der Waals surface area contributed by atoms with Gasteiger partial charge < -0.3 is 14.7 Å². The van der Waals surface area contributed by atoms with Crippen LogP contribution in [0.25, 0.3) is 0 Å². The molecule has 0 bridgehead atoms. The lowest BCUT2D eigenvalue weighted by Crippen LogP contribution is -2.33. The molecule has 0 aromatic heterocycles. The van der Waals surface area contributed by atoms with Gasteiger partial charge in [-0.3, -0.25) is 4.79 Å². The van der Waals surface area contributed by atoms with Crippen LogP contribution in [0.15, 0.2) is 42.5 Å². The minimum Gasteiger partial charge on any atom is -0.496 e. The molecule has 2 aromatic rings. The van der Waals surface area contributed by atoms with E-state index in [1.807, 2.05) is 18.2 Å². The van der Waals surface area contributed by atoms with Crippen molar-refractivity contribution in [3.05, 3.63) is 64.4 Å². The van der Waals surface area contributed by atoms with E-state index in [1.54, 1.807) is 13.2 Å². The second-order valence-corrected chi connectivity index (χ2v) is 5.29. The average Bonchev–Trinajstić information content (AvgIpc) is 2.54. The number of hydrogen-bond acceptors (Lipinski definition) is 3. The van der Waals surface area contributed by atoms with E-state index in [1.165, 1.54) is 17.0 Å². The van der Waals surface area contributed by atoms with E-state index >= 15 is 0 Å². The Morgan fingerprint density at radius 3 is 2.70 bits per heavy atom. The van der Waals surface area contributed by atoms with Gasteiger partial charge in [0.25, 0.3) is 5.91 Å². The van der Waals surface area contributed by atoms with Gasteiger partial charge in [0.15, 0.2) is 0 Å². The molecule has 0 unspecified atom stereocenters. The summed E-state index contributed by atoms with van der Waals surface area (Å²) in [6.45, 7) is 0.182. The predicted molar refractivity (Wildman–Crippen MR) is 86.2 cm³/mol. The van der Waals surface area contributed by atoms with Gasteiger partial charge in [0.05, 0.1) is 24.3 Å². The predicted octanol–water partition coefficient (Wildman–Crippen LogP) is 3.12. The zero-order chi connectivity index (χ0) is 16.8. The Kier molecular flexibility index (Phi) is 5.96. The normalized spacial score (nSPS) is 10.4. The molecule has 1 amide bonds. The molecule has 4 nitrogen and oxygen atoms in total. The van der Waals surface area contributed by atoms with Crippen LogP contribution in [0.4, 0.5) is 4.39 Å². The van der Waals surface area contributed by atoms with Gasteiger partial charge in [-0.1, -0.05) is 29.8 Å². The van der Waals surface area contributed by atoms with E-state index in [0.29, 0.717) is 5.75 Å². The first-order valence-corrected chi connectivity index (χ1v) is 7.41. The standard InChI is InChI=1S/C17H17ClFNO3/c1-23-16-5-3-2-4-12(16)11-20(8-9-21)17(22)14-7-6-13(19)10-15(14)18/h2-7,10,21H,8-9,11H2,1H3. The third kappa shape index (κ3) is 4.21. The highest BCUT2D eigenvalue weighted by Crippen LogP contribution is 2.23. The molecule has 0 saturated carbocycles. The Labute approximate surface area is 139 Å². The number of rotatable bonds is 6. The number of carbonyl (C=O) groups is 1. The second-order valence-electron chi connectivity index (χ2n) is 4.89. The first-order chi connectivity index (χ1) is 11.1. The number of amides is 1. The lowest BCUT2D eigenvalue weighted by molar-refractivity contribution is 0.0706. The fourth-order valence-electron chi connectivity index (χ4n) is 2.25. The van der Waals surface area contributed by atoms with Gasteiger partial charge in [-0.25, -0.2) is 4.39 Å². The molecule has 0 spiro atoms. The number of hydrogen-bond donors (Lipinski definition) is 1. The molecule has 0 aliphatic carbocycles. The molecule has 0 atom stereocenters. The molecule has 2 rings (SSSR count). The van der Waals surface area contributed by atoms with E-state index in [9.17, 15) is 14.3 Å². The maximum Gasteiger partial charge on any atom is 0.255 e. The van der Waals surface area contributed by atoms with Gasteiger partial charge in [0.1, 0.15) is 11.6 Å². The Hall–Kier alpha value is -2.11. The van der Waals surface area contributed by atoms with Crippen molar-refractivity contribution >= 4 is 17.5 Å². The lowest BCUT2D eigenvalue weighted by Gasteiger charge is -2.23. The van der Waals surface area contributed by atoms with Crippen molar-refractivity contribution in [2.75, 3.05) is 20.3 Å². The quantitative estimate of drug-likeness (QED) is 0.881. The highest BCUT2D eigenvalue weighted by Gasteiger charge is 2.20. The molecule has 6 heteroatoms. The summed E-state index contributed by atoms with van der Waals surface area (Å²) in [5.41, 5.74) is 0.992. The van der Waals surface area contributed by atoms with Gasteiger partial charge in [0.2, 0.25) is 0 Å². The maximum absolute atomic E-state index is 13.1. The van der Waals surface area contributed by atoms with Crippen LogP contribution in [-0.2, 0) is 6.54 Å². The Bertz CT molecular complexity index is 693. The summed E-state index contributed by atoms with van der Waals surface area (Å²) in [6, 6.07) is 10.9. The van der Waals surface area contributed by atoms with Crippen LogP contribution in [-0.4, -0.2) is 36.2 Å². The van der Waals surface area contributed by atoms with Gasteiger partial charge >= 0.3 is 0 Å². The van der Waals surface area contributed by atoms with Crippen LogP contribution in [0.5, 0.6) is 5.75 Å². The van der Waals surface area contributed by atoms with Gasteiger partial charge in [-0.05, 0) is 24.3 Å². The fraction of sp³-hybridized carbons (Fsp3) is 0.235. The van der Waals surface area contributed by atoms with Crippen LogP contribution in [0.3, 0.4) is 0 Å². The number of methoxy groups -OCH3 is 1. The van der Waals surface area contributed by atoms with Crippen molar-refractivity contribution in [3.8, 4) is 5.75 Å². The first-order valence-electron chi connectivity index (χ1n) is 7.04. The Morgan fingerprint density at radius 1 is 1.30 bits per heavy atom. The molecule has 0 saturated heterocycles. The Morgan fingerprint density at radius 2 is 2.04 bits per heavy atom. The zero-order valence-electron chi connectivity index (χ0n) is 12.6. The van der Waals surface area contributed by atoms with E-state index in [4.69, 9.17) is 16.3 Å². The number of halogens is 2. The number of aliphatic hydroxyl groups is 1. The molecule has 0 fully saturated rings. The number of carbonyl (C=O) groups excluding carboxylic acids is 1. The zero-order valence-corrected chi connectivity index (χ0v) is 13.4. The summed E-state index contributed by atoms with van der Waals surface area (Å²) < 4.78 is 18.4. The van der Waals surface area contributed by atoms with Crippen LogP contribution in [0, 0.1) is 5.82 Å². The summed E-state index contributed by atoms with van der Waals surface area (Å²) in [5.74, 6) is -0.242. The smallest absolute Gasteiger partial charge is 0.255 e. The lowest BCUT2D eigenvalue weighted by atomic mass is 10.1. The molecule has 122 valence electrons. The Balaban J connectivity index is 2.28. The van der Waals surface area contributed by atoms with Crippen molar-refractivity contribution in [1.82, 2.24) is 4.90 Å². The summed E-state index contributed by atoms with van der Waals surface area (Å²) in [7, 11) is 1.55. The minimum absolute atomic E-state index is 0.0398. The summed E-state index contributed by atoms with van der Waals surface area (Å²) >= 11 is 5.96. The molecule has 1 N–H and O–H groups in total. The summed E-state index contributed by atoms with van der Waals surface area (Å²) in [6.07, 6.45) is 0. The third-order valence-electron chi connectivity index (χ3n) is 3.37. The van der Waals surface area contributed by atoms with Crippen molar-refractivity contribution in [1.29, 1.82) is 0 Å². The first kappa shape index (κ1) is 17.2. The van der Waals surface area contributed by atoms with Gasteiger partial charge in [-0.2, -0.15) is 0 Å². The summed E-state index contributed by atoms with van der Waals surface area (Å²) in [5, 5.41) is 9.27. The number of benzene rings is 2. The monoisotopic (exact) mass is 337 g/mol. The van der Waals surface area contributed by atoms with Crippen molar-refractivity contribution in [2.24, 2.45) is 0 Å². The number of para-hydroxylation sites is 1. The highest BCUT2D eigenvalue weighted by molar-refractivity contribution is 6.33. The molecule has 0 aliphatic heterocycles. The van der Waals surface area contributed by atoms with Gasteiger partial charge in [-0.15, -0.1) is 0 Å². The van der Waals surface area contributed by atoms with Gasteiger partial charge in [0, 0.05) is 18.7 Å². The molecular weight excluding hydrogens is 321 g/mol. The van der Waals surface area contributed by atoms with Crippen LogP contribution < -0.4 is 4.74 Å². The summed E-state index contributed by atoms with van der Waals surface area (Å²) in [4.78, 5) is 14.1. The van der Waals surface area contributed by atoms with E-state index in [-0.39, 0.29) is 36.2 Å². The SMILES string of the molecule is COc1ccccc1CN(CCO)C(=O)c1ccc(F)cc1Cl. The van der Waals surface area contributed by atoms with Crippen molar-refractivity contribution in [2.45, 2.75) is 6.54 Å². The van der Waals surface area contributed by atoms with E-state index < -0.39 is 5.82 Å². The molecule has 0 aliphatic rings. The van der Waals surface area contributed by atoms with E-state index in [0.717, 1.165) is 11.6 Å². The number of nitrogens with zero attached hydrogens (tertiary/aromatic N) is 1. The topological polar surface area (TPSA) is 49.8 Å². The minimum atomic E-state index is -0.509. The molecular formula is C17H17ClFNO3. The molecule has 0 heterocycles. The van der Waals surface area contributed by atoms with Crippen LogP contribution >= 0.6 is 11.6 Å². The van der Waals surface area contributed by atoms with Crippen LogP contribution in [0.2, 0.25) is 5.02 Å². The average molecular weight is 338 g/mol. The molecule has 2 aromatic carbocycles. The third-order valence-corrected chi connectivity index (χ3v) is 3.69. The molecule has 23 heavy (non-hydrogen) atoms. The van der Waals surface area contributed by atoms with Crippen molar-refractivity contribution < 1.29 is 19.0 Å². The maximum atomic E-state index is 13.1. The second kappa shape index (κ2) is 7.94. The number of ether oxygens (including phenoxy) is 1. The number of aliphatic hydroxyl groups excluding tert-OH is 1. The van der Waals surface area contributed by atoms with E-state index in [2.05, 4.69) is 0 Å². The van der Waals surface area contributed by atoms with Crippen LogP contribution in [0.1, 0.15) is 15.9 Å². The highest BCUT2D eigenvalue weighted by atomic mass is 35.5. The fourth-order valence-corrected chi connectivity index (χ4v) is 2.49. The van der Waals surface area contributed by atoms with Crippen molar-refractivity contribution in [3.63, 3.8) is 0 Å².